The van der Waals surface area contributed by atoms with Crippen LogP contribution in [0.25, 0.3) is 10.9 Å². The normalized spacial score (nSPS) is 13.7. The highest BCUT2D eigenvalue weighted by atomic mass is 16.5. The average molecular weight is 273 g/mol. The molecule has 0 atom stereocenters. The van der Waals surface area contributed by atoms with E-state index in [0.717, 1.165) is 37.1 Å². The number of fused-ring (bicyclic) bond motifs is 3. The predicted octanol–water partition coefficient (Wildman–Crippen LogP) is 1.96. The molecule has 1 aromatic heterocycles. The summed E-state index contributed by atoms with van der Waals surface area (Å²) >= 11 is 0. The van der Waals surface area contributed by atoms with Crippen LogP contribution in [-0.4, -0.2) is 31.2 Å². The van der Waals surface area contributed by atoms with Crippen LogP contribution in [0.5, 0.6) is 5.75 Å². The third kappa shape index (κ3) is 2.31. The van der Waals surface area contributed by atoms with Crippen molar-refractivity contribution < 1.29 is 9.53 Å². The Bertz CT molecular complexity index is 633. The summed E-state index contributed by atoms with van der Waals surface area (Å²) in [5.74, 6) is 1.00. The van der Waals surface area contributed by atoms with Gasteiger partial charge in [-0.25, -0.2) is 4.79 Å². The Morgan fingerprint density at radius 2 is 2.35 bits per heavy atom. The number of rotatable bonds is 3. The van der Waals surface area contributed by atoms with Gasteiger partial charge in [-0.15, -0.1) is 0 Å². The monoisotopic (exact) mass is 273 g/mol. The molecule has 0 bridgehead atoms. The lowest BCUT2D eigenvalue weighted by molar-refractivity contribution is 0.243. The number of aryl methyl sites for hydroxylation is 1. The zero-order chi connectivity index (χ0) is 13.9. The largest absolute Gasteiger partial charge is 0.493 e. The van der Waals surface area contributed by atoms with Gasteiger partial charge in [-0.3, -0.25) is 0 Å². The topological polar surface area (TPSA) is 66.2 Å². The third-order valence-electron chi connectivity index (χ3n) is 3.73. The van der Waals surface area contributed by atoms with Crippen molar-refractivity contribution >= 4 is 16.9 Å². The fourth-order valence-electron chi connectivity index (χ4n) is 2.76. The van der Waals surface area contributed by atoms with Gasteiger partial charge >= 0.3 is 6.03 Å². The minimum atomic E-state index is -0.143. The highest BCUT2D eigenvalue weighted by Gasteiger charge is 2.16. The summed E-state index contributed by atoms with van der Waals surface area (Å²) in [4.78, 5) is 14.5. The molecular formula is C15H19N3O2. The van der Waals surface area contributed by atoms with Crippen molar-refractivity contribution in [3.8, 4) is 5.75 Å². The fourth-order valence-corrected chi connectivity index (χ4v) is 2.76. The van der Waals surface area contributed by atoms with Gasteiger partial charge in [0.05, 0.1) is 6.61 Å². The maximum atomic E-state index is 11.2. The Morgan fingerprint density at radius 1 is 1.45 bits per heavy atom. The van der Waals surface area contributed by atoms with Crippen molar-refractivity contribution in [1.29, 1.82) is 0 Å². The van der Waals surface area contributed by atoms with Gasteiger partial charge in [0.1, 0.15) is 5.75 Å². The number of amides is 2. The Hall–Kier alpha value is -2.17. The maximum Gasteiger partial charge on any atom is 0.314 e. The molecule has 0 radical (unpaired) electrons. The van der Waals surface area contributed by atoms with Crippen LogP contribution in [0.2, 0.25) is 0 Å². The molecule has 3 rings (SSSR count). The van der Waals surface area contributed by atoms with Crippen molar-refractivity contribution in [3.63, 3.8) is 0 Å². The first kappa shape index (κ1) is 12.8. The van der Waals surface area contributed by atoms with Crippen molar-refractivity contribution in [3.05, 3.63) is 29.5 Å². The molecule has 2 heterocycles. The molecular weight excluding hydrogens is 254 g/mol. The zero-order valence-electron chi connectivity index (χ0n) is 11.6. The molecule has 20 heavy (non-hydrogen) atoms. The smallest absolute Gasteiger partial charge is 0.314 e. The molecule has 1 aliphatic rings. The number of H-pyrrole nitrogens is 1. The summed E-state index contributed by atoms with van der Waals surface area (Å²) in [5, 5.41) is 6.64. The highest BCUT2D eigenvalue weighted by molar-refractivity contribution is 5.89. The van der Waals surface area contributed by atoms with Gasteiger partial charge < -0.3 is 20.4 Å². The quantitative estimate of drug-likeness (QED) is 0.800. The van der Waals surface area contributed by atoms with E-state index in [4.69, 9.17) is 4.74 Å². The predicted molar refractivity (Wildman–Crippen MR) is 78.3 cm³/mol. The first-order chi connectivity index (χ1) is 9.79. The Morgan fingerprint density at radius 3 is 3.20 bits per heavy atom. The summed E-state index contributed by atoms with van der Waals surface area (Å²) in [5.41, 5.74) is 3.67. The first-order valence-corrected chi connectivity index (χ1v) is 7.00. The highest BCUT2D eigenvalue weighted by Crippen LogP contribution is 2.33. The first-order valence-electron chi connectivity index (χ1n) is 7.00. The summed E-state index contributed by atoms with van der Waals surface area (Å²) < 4.78 is 5.72. The van der Waals surface area contributed by atoms with E-state index in [9.17, 15) is 4.79 Å². The van der Waals surface area contributed by atoms with Crippen molar-refractivity contribution in [2.45, 2.75) is 19.3 Å². The molecule has 5 nitrogen and oxygen atoms in total. The Labute approximate surface area is 117 Å². The van der Waals surface area contributed by atoms with E-state index < -0.39 is 0 Å². The van der Waals surface area contributed by atoms with Gasteiger partial charge in [0.2, 0.25) is 0 Å². The van der Waals surface area contributed by atoms with Gasteiger partial charge in [-0.2, -0.15) is 0 Å². The van der Waals surface area contributed by atoms with Gasteiger partial charge in [0.15, 0.2) is 0 Å². The molecule has 3 N–H and O–H groups in total. The van der Waals surface area contributed by atoms with Crippen LogP contribution in [0.1, 0.15) is 17.5 Å². The van der Waals surface area contributed by atoms with E-state index in [2.05, 4.69) is 21.7 Å². The molecule has 0 saturated carbocycles. The Kier molecular flexibility index (Phi) is 3.50. The second kappa shape index (κ2) is 5.45. The van der Waals surface area contributed by atoms with Crippen LogP contribution in [0, 0.1) is 0 Å². The lowest BCUT2D eigenvalue weighted by atomic mass is 9.98. The van der Waals surface area contributed by atoms with Gasteiger partial charge in [-0.05, 0) is 37.0 Å². The van der Waals surface area contributed by atoms with Gasteiger partial charge in [-0.1, -0.05) is 0 Å². The zero-order valence-corrected chi connectivity index (χ0v) is 11.6. The lowest BCUT2D eigenvalue weighted by Crippen LogP contribution is -2.33. The molecule has 0 aliphatic carbocycles. The second-order valence-electron chi connectivity index (χ2n) is 4.99. The molecule has 106 valence electrons. The van der Waals surface area contributed by atoms with Crippen molar-refractivity contribution in [2.75, 3.05) is 20.2 Å². The number of carbonyl (C=O) groups excluding carboxylic acids is 1. The molecule has 0 fully saturated rings. The van der Waals surface area contributed by atoms with Crippen LogP contribution >= 0.6 is 0 Å². The number of ether oxygens (including phenoxy) is 1. The van der Waals surface area contributed by atoms with E-state index in [0.29, 0.717) is 6.54 Å². The molecule has 0 saturated heterocycles. The standard InChI is InChI=1S/C15H19N3O2/c1-16-15(19)17-7-6-10-9-18-12-4-5-13-11(14(10)12)3-2-8-20-13/h4-5,9,18H,2-3,6-8H2,1H3,(H2,16,17,19). The lowest BCUT2D eigenvalue weighted by Gasteiger charge is -2.18. The number of urea groups is 1. The van der Waals surface area contributed by atoms with E-state index in [1.807, 2.05) is 12.3 Å². The number of aromatic amines is 1. The van der Waals surface area contributed by atoms with Gasteiger partial charge in [0.25, 0.3) is 0 Å². The molecule has 0 spiro atoms. The van der Waals surface area contributed by atoms with E-state index in [-0.39, 0.29) is 6.03 Å². The molecule has 1 aliphatic heterocycles. The summed E-state index contributed by atoms with van der Waals surface area (Å²) in [6.07, 6.45) is 4.96. The molecule has 0 unspecified atom stereocenters. The van der Waals surface area contributed by atoms with E-state index in [1.54, 1.807) is 7.05 Å². The minimum absolute atomic E-state index is 0.143. The van der Waals surface area contributed by atoms with Crippen molar-refractivity contribution in [1.82, 2.24) is 15.6 Å². The number of hydrogen-bond donors (Lipinski definition) is 3. The van der Waals surface area contributed by atoms with E-state index >= 15 is 0 Å². The summed E-state index contributed by atoms with van der Waals surface area (Å²) in [7, 11) is 1.62. The number of nitrogens with one attached hydrogen (secondary N) is 3. The molecule has 1 aromatic carbocycles. The van der Waals surface area contributed by atoms with Crippen LogP contribution in [0.4, 0.5) is 4.79 Å². The maximum absolute atomic E-state index is 11.2. The van der Waals surface area contributed by atoms with Crippen molar-refractivity contribution in [2.24, 2.45) is 0 Å². The molecule has 2 amide bonds. The summed E-state index contributed by atoms with van der Waals surface area (Å²) in [6, 6.07) is 3.96. The molecule has 5 heteroatoms. The Balaban J connectivity index is 1.86. The van der Waals surface area contributed by atoms with Crippen LogP contribution in [-0.2, 0) is 12.8 Å². The third-order valence-corrected chi connectivity index (χ3v) is 3.73. The SMILES string of the molecule is CNC(=O)NCCc1c[nH]c2ccc3c(c12)CCCO3. The average Bonchev–Trinajstić information content (AvgIpc) is 2.91. The number of hydrogen-bond acceptors (Lipinski definition) is 2. The molecule has 2 aromatic rings. The number of benzene rings is 1. The number of carbonyl (C=O) groups is 1. The van der Waals surface area contributed by atoms with Crippen LogP contribution in [0.15, 0.2) is 18.3 Å². The second-order valence-corrected chi connectivity index (χ2v) is 4.99. The summed E-state index contributed by atoms with van der Waals surface area (Å²) in [6.45, 7) is 1.42. The van der Waals surface area contributed by atoms with Crippen LogP contribution < -0.4 is 15.4 Å². The van der Waals surface area contributed by atoms with Gasteiger partial charge in [0, 0.05) is 36.3 Å². The minimum Gasteiger partial charge on any atom is -0.493 e. The van der Waals surface area contributed by atoms with E-state index in [1.165, 1.54) is 16.5 Å². The number of aromatic nitrogens is 1. The fraction of sp³-hybridized carbons (Fsp3) is 0.400. The van der Waals surface area contributed by atoms with Crippen LogP contribution in [0.3, 0.4) is 0 Å².